The molecule has 376 valence electrons. The first kappa shape index (κ1) is 60.3. The van der Waals surface area contributed by atoms with Gasteiger partial charge in [-0.25, -0.2) is 0 Å². The van der Waals surface area contributed by atoms with E-state index in [1.54, 1.807) is 0 Å². The fourth-order valence-electron chi connectivity index (χ4n) is 10.1. The fraction of sp³-hybridized carbons (Fsp3) is 0.982. The van der Waals surface area contributed by atoms with Crippen LogP contribution in [-0.4, -0.2) is 109 Å². The summed E-state index contributed by atoms with van der Waals surface area (Å²) in [6, 6.07) is 0. The van der Waals surface area contributed by atoms with Crippen molar-refractivity contribution in [3.63, 3.8) is 0 Å². The molecule has 0 aromatic rings. The van der Waals surface area contributed by atoms with Crippen LogP contribution in [0.2, 0.25) is 0 Å². The van der Waals surface area contributed by atoms with Gasteiger partial charge in [-0.15, -0.1) is 0 Å². The molecule has 0 bridgehead atoms. The normalized spacial score (nSPS) is 14.6. The van der Waals surface area contributed by atoms with E-state index in [4.69, 9.17) is 0 Å². The van der Waals surface area contributed by atoms with Crippen molar-refractivity contribution < 1.29 is 9.90 Å². The van der Waals surface area contributed by atoms with Crippen LogP contribution in [0, 0.1) is 5.92 Å². The summed E-state index contributed by atoms with van der Waals surface area (Å²) in [6.45, 7) is 21.4. The fourth-order valence-corrected chi connectivity index (χ4v) is 10.1. The second kappa shape index (κ2) is 47.8. The quantitative estimate of drug-likeness (QED) is 0.0617. The minimum atomic E-state index is 0.327. The first-order valence-corrected chi connectivity index (χ1v) is 29.1. The standard InChI is InChI=1S/C57H116N4O2/c1-5-9-13-17-21-22-23-24-25-28-31-35-44-58(45-38-33-34-40-53-62)50-43-56-42-41-49-61(54-56)57(63)55-60(48-39-32-27-19-15-11-7-3)52-51-59(46-36-29-20-16-12-8-4)47-37-30-26-18-14-10-6-2/h56,62H,5-55H2,1-4H3. The lowest BCUT2D eigenvalue weighted by Crippen LogP contribution is -2.47. The first-order chi connectivity index (χ1) is 31.1. The monoisotopic (exact) mass is 889 g/mol. The molecule has 1 N–H and O–H groups in total. The van der Waals surface area contributed by atoms with Gasteiger partial charge in [0.05, 0.1) is 6.54 Å². The second-order valence-corrected chi connectivity index (χ2v) is 20.6. The van der Waals surface area contributed by atoms with Gasteiger partial charge in [-0.05, 0) is 103 Å². The Morgan fingerprint density at radius 1 is 0.413 bits per heavy atom. The van der Waals surface area contributed by atoms with Crippen LogP contribution < -0.4 is 0 Å². The Labute approximate surface area is 396 Å². The van der Waals surface area contributed by atoms with Crippen molar-refractivity contribution >= 4 is 5.91 Å². The van der Waals surface area contributed by atoms with Gasteiger partial charge >= 0.3 is 0 Å². The summed E-state index contributed by atoms with van der Waals surface area (Å²) < 4.78 is 0. The van der Waals surface area contributed by atoms with Gasteiger partial charge in [0.15, 0.2) is 0 Å². The van der Waals surface area contributed by atoms with Crippen LogP contribution in [0.4, 0.5) is 0 Å². The molecule has 0 spiro atoms. The van der Waals surface area contributed by atoms with E-state index in [9.17, 15) is 9.90 Å². The maximum absolute atomic E-state index is 14.2. The smallest absolute Gasteiger partial charge is 0.236 e. The third-order valence-corrected chi connectivity index (χ3v) is 14.5. The number of amides is 1. The summed E-state index contributed by atoms with van der Waals surface area (Å²) in [5.41, 5.74) is 0. The Bertz CT molecular complexity index is 919. The molecule has 63 heavy (non-hydrogen) atoms. The Morgan fingerprint density at radius 2 is 0.730 bits per heavy atom. The molecule has 1 saturated heterocycles. The summed E-state index contributed by atoms with van der Waals surface area (Å²) in [5, 5.41) is 9.30. The van der Waals surface area contributed by atoms with Crippen LogP contribution in [0.15, 0.2) is 0 Å². The zero-order chi connectivity index (χ0) is 45.5. The molecule has 1 rings (SSSR count). The van der Waals surface area contributed by atoms with Gasteiger partial charge in [0.1, 0.15) is 0 Å². The molecule has 0 saturated carbocycles. The highest BCUT2D eigenvalue weighted by Gasteiger charge is 2.25. The lowest BCUT2D eigenvalue weighted by Gasteiger charge is -2.36. The first-order valence-electron chi connectivity index (χ1n) is 29.1. The van der Waals surface area contributed by atoms with Crippen LogP contribution in [0.1, 0.15) is 278 Å². The Hall–Kier alpha value is -0.690. The topological polar surface area (TPSA) is 50.3 Å². The van der Waals surface area contributed by atoms with Crippen LogP contribution >= 0.6 is 0 Å². The van der Waals surface area contributed by atoms with Crippen molar-refractivity contribution in [3.8, 4) is 0 Å². The number of hydrogen-bond acceptors (Lipinski definition) is 5. The Morgan fingerprint density at radius 3 is 1.11 bits per heavy atom. The number of piperidine rings is 1. The van der Waals surface area contributed by atoms with Gasteiger partial charge in [-0.1, -0.05) is 220 Å². The Balaban J connectivity index is 2.73. The molecule has 0 aromatic heterocycles. The number of carbonyl (C=O) groups is 1. The molecule has 1 unspecified atom stereocenters. The number of hydrogen-bond donors (Lipinski definition) is 1. The number of likely N-dealkylation sites (tertiary alicyclic amines) is 1. The number of aliphatic hydroxyl groups excluding tert-OH is 1. The van der Waals surface area contributed by atoms with Gasteiger partial charge in [0, 0.05) is 32.8 Å². The van der Waals surface area contributed by atoms with E-state index in [0.29, 0.717) is 25.0 Å². The summed E-state index contributed by atoms with van der Waals surface area (Å²) in [5.74, 6) is 1.03. The highest BCUT2D eigenvalue weighted by molar-refractivity contribution is 5.78. The van der Waals surface area contributed by atoms with Crippen LogP contribution in [0.25, 0.3) is 0 Å². The predicted octanol–water partition coefficient (Wildman–Crippen LogP) is 15.6. The number of rotatable bonds is 50. The van der Waals surface area contributed by atoms with E-state index in [0.717, 1.165) is 45.6 Å². The van der Waals surface area contributed by atoms with E-state index >= 15 is 0 Å². The Kier molecular flexibility index (Phi) is 45.8. The van der Waals surface area contributed by atoms with Crippen LogP contribution in [0.3, 0.4) is 0 Å². The van der Waals surface area contributed by atoms with E-state index in [1.807, 2.05) is 0 Å². The highest BCUT2D eigenvalue weighted by atomic mass is 16.3. The summed E-state index contributed by atoms with van der Waals surface area (Å²) in [7, 11) is 0. The minimum absolute atomic E-state index is 0.327. The minimum Gasteiger partial charge on any atom is -0.396 e. The van der Waals surface area contributed by atoms with Gasteiger partial charge in [0.2, 0.25) is 5.91 Å². The molecule has 1 heterocycles. The van der Waals surface area contributed by atoms with Crippen LogP contribution in [-0.2, 0) is 4.79 Å². The zero-order valence-electron chi connectivity index (χ0n) is 43.8. The summed E-state index contributed by atoms with van der Waals surface area (Å²) in [4.78, 5) is 24.6. The van der Waals surface area contributed by atoms with Gasteiger partial charge in [-0.2, -0.15) is 0 Å². The van der Waals surface area contributed by atoms with Crippen molar-refractivity contribution in [3.05, 3.63) is 0 Å². The molecule has 1 atom stereocenters. The molecule has 1 aliphatic heterocycles. The van der Waals surface area contributed by atoms with Crippen molar-refractivity contribution in [2.75, 3.05) is 78.6 Å². The van der Waals surface area contributed by atoms with Crippen molar-refractivity contribution in [1.29, 1.82) is 0 Å². The maximum Gasteiger partial charge on any atom is 0.236 e. The molecule has 1 amide bonds. The highest BCUT2D eigenvalue weighted by Crippen LogP contribution is 2.22. The predicted molar refractivity (Wildman–Crippen MR) is 279 cm³/mol. The molecular weight excluding hydrogens is 773 g/mol. The van der Waals surface area contributed by atoms with Gasteiger partial charge in [-0.3, -0.25) is 9.69 Å². The number of aliphatic hydroxyl groups is 1. The van der Waals surface area contributed by atoms with Gasteiger partial charge < -0.3 is 19.8 Å². The number of unbranched alkanes of at least 4 members (excludes halogenated alkanes) is 31. The summed E-state index contributed by atoms with van der Waals surface area (Å²) in [6.07, 6.45) is 52.2. The SMILES string of the molecule is CCCCCCCCCCCCCCN(CCCCCCO)CCC1CCCN(C(=O)CN(CCCCCCCCC)CCN(CCCCCCCC)CCCCCCCCC)C1. The van der Waals surface area contributed by atoms with E-state index < -0.39 is 0 Å². The number of nitrogens with zero attached hydrogens (tertiary/aromatic N) is 4. The van der Waals surface area contributed by atoms with Gasteiger partial charge in [0.25, 0.3) is 0 Å². The lowest BCUT2D eigenvalue weighted by molar-refractivity contribution is -0.134. The van der Waals surface area contributed by atoms with Crippen LogP contribution in [0.5, 0.6) is 0 Å². The average Bonchev–Trinajstić information content (AvgIpc) is 3.29. The molecule has 0 radical (unpaired) electrons. The van der Waals surface area contributed by atoms with E-state index in [-0.39, 0.29) is 0 Å². The molecule has 1 aliphatic rings. The number of carbonyl (C=O) groups excluding carboxylic acids is 1. The van der Waals surface area contributed by atoms with Crippen molar-refractivity contribution in [2.45, 2.75) is 278 Å². The summed E-state index contributed by atoms with van der Waals surface area (Å²) >= 11 is 0. The molecule has 0 aliphatic carbocycles. The second-order valence-electron chi connectivity index (χ2n) is 20.6. The lowest BCUT2D eigenvalue weighted by atomic mass is 9.94. The molecule has 6 nitrogen and oxygen atoms in total. The molecule has 1 fully saturated rings. The third-order valence-electron chi connectivity index (χ3n) is 14.5. The van der Waals surface area contributed by atoms with Crippen molar-refractivity contribution in [1.82, 2.24) is 19.6 Å². The third kappa shape index (κ3) is 39.1. The van der Waals surface area contributed by atoms with Crippen molar-refractivity contribution in [2.24, 2.45) is 5.92 Å². The molecule has 6 heteroatoms. The molecular formula is C57H116N4O2. The van der Waals surface area contributed by atoms with E-state index in [2.05, 4.69) is 47.3 Å². The van der Waals surface area contributed by atoms with E-state index in [1.165, 1.54) is 270 Å². The average molecular weight is 890 g/mol. The zero-order valence-corrected chi connectivity index (χ0v) is 43.8. The largest absolute Gasteiger partial charge is 0.396 e. The molecule has 0 aromatic carbocycles. The maximum atomic E-state index is 14.2.